The lowest BCUT2D eigenvalue weighted by molar-refractivity contribution is -0.114. The van der Waals surface area contributed by atoms with Crippen molar-refractivity contribution in [2.75, 3.05) is 6.61 Å². The zero-order valence-corrected chi connectivity index (χ0v) is 11.7. The summed E-state index contributed by atoms with van der Waals surface area (Å²) >= 11 is 0. The van der Waals surface area contributed by atoms with Gasteiger partial charge in [-0.15, -0.1) is 0 Å². The van der Waals surface area contributed by atoms with Gasteiger partial charge in [0.05, 0.1) is 6.61 Å². The van der Waals surface area contributed by atoms with E-state index in [1.807, 2.05) is 30.3 Å². The van der Waals surface area contributed by atoms with Gasteiger partial charge in [-0.1, -0.05) is 43.0 Å². The lowest BCUT2D eigenvalue weighted by atomic mass is 10.1. The highest BCUT2D eigenvalue weighted by Gasteiger charge is 2.18. The second kappa shape index (κ2) is 7.94. The number of ketones is 1. The van der Waals surface area contributed by atoms with Crippen molar-refractivity contribution in [2.45, 2.75) is 20.0 Å². The molecule has 106 valence electrons. The van der Waals surface area contributed by atoms with Crippen molar-refractivity contribution >= 4 is 18.0 Å². The van der Waals surface area contributed by atoms with Crippen molar-refractivity contribution in [2.24, 2.45) is 0 Å². The summed E-state index contributed by atoms with van der Waals surface area (Å²) < 4.78 is 9.77. The van der Waals surface area contributed by atoms with Gasteiger partial charge in [0.2, 0.25) is 0 Å². The largest absolute Gasteiger partial charge is 0.509 e. The Morgan fingerprint density at radius 1 is 1.30 bits per heavy atom. The molecule has 0 aliphatic carbocycles. The van der Waals surface area contributed by atoms with Crippen LogP contribution in [-0.2, 0) is 14.3 Å². The SMILES string of the molecule is C=C(C(C)=O)C(/C=C/c1ccccc1)OC(=O)OCC. The summed E-state index contributed by atoms with van der Waals surface area (Å²) in [7, 11) is 0. The molecule has 0 aliphatic rings. The van der Waals surface area contributed by atoms with Crippen LogP contribution in [-0.4, -0.2) is 24.6 Å². The Morgan fingerprint density at radius 3 is 2.50 bits per heavy atom. The van der Waals surface area contributed by atoms with E-state index in [0.29, 0.717) is 0 Å². The average molecular weight is 274 g/mol. The fourth-order valence-corrected chi connectivity index (χ4v) is 1.45. The van der Waals surface area contributed by atoms with Gasteiger partial charge in [0.25, 0.3) is 0 Å². The standard InChI is InChI=1S/C16H18O4/c1-4-19-16(18)20-15(12(2)13(3)17)11-10-14-8-6-5-7-9-14/h5-11,15H,2,4H2,1,3H3/b11-10+. The van der Waals surface area contributed by atoms with Gasteiger partial charge in [0.15, 0.2) is 11.9 Å². The zero-order valence-electron chi connectivity index (χ0n) is 11.7. The summed E-state index contributed by atoms with van der Waals surface area (Å²) in [6.45, 7) is 6.91. The summed E-state index contributed by atoms with van der Waals surface area (Å²) in [5.41, 5.74) is 1.13. The molecule has 0 radical (unpaired) electrons. The molecule has 0 saturated heterocycles. The third-order valence-electron chi connectivity index (χ3n) is 2.54. The molecular formula is C16H18O4. The molecule has 1 aromatic carbocycles. The number of ether oxygens (including phenoxy) is 2. The molecule has 1 atom stereocenters. The Morgan fingerprint density at radius 2 is 1.95 bits per heavy atom. The Kier molecular flexibility index (Phi) is 6.23. The molecule has 0 amide bonds. The molecule has 0 heterocycles. The second-order valence-corrected chi connectivity index (χ2v) is 4.07. The lowest BCUT2D eigenvalue weighted by Crippen LogP contribution is -2.22. The van der Waals surface area contributed by atoms with Crippen LogP contribution in [0.3, 0.4) is 0 Å². The molecule has 0 saturated carbocycles. The van der Waals surface area contributed by atoms with Crippen LogP contribution in [0.4, 0.5) is 4.79 Å². The van der Waals surface area contributed by atoms with Crippen LogP contribution in [0.15, 0.2) is 48.6 Å². The Bertz CT molecular complexity index is 502. The van der Waals surface area contributed by atoms with Gasteiger partial charge >= 0.3 is 6.16 Å². The predicted octanol–water partition coefficient (Wildman–Crippen LogP) is 3.39. The molecule has 4 heteroatoms. The van der Waals surface area contributed by atoms with E-state index in [2.05, 4.69) is 6.58 Å². The molecule has 0 aromatic heterocycles. The Hall–Kier alpha value is -2.36. The first-order chi connectivity index (χ1) is 9.54. The smallest absolute Gasteiger partial charge is 0.435 e. The molecular weight excluding hydrogens is 256 g/mol. The molecule has 4 nitrogen and oxygen atoms in total. The van der Waals surface area contributed by atoms with Gasteiger partial charge in [-0.3, -0.25) is 4.79 Å². The van der Waals surface area contributed by atoms with E-state index in [9.17, 15) is 9.59 Å². The minimum Gasteiger partial charge on any atom is -0.435 e. The number of carbonyl (C=O) groups is 2. The zero-order chi connectivity index (χ0) is 15.0. The van der Waals surface area contributed by atoms with Crippen molar-refractivity contribution in [3.63, 3.8) is 0 Å². The highest BCUT2D eigenvalue weighted by Crippen LogP contribution is 2.12. The van der Waals surface area contributed by atoms with E-state index in [1.54, 1.807) is 19.1 Å². The molecule has 0 aliphatic heterocycles. The Balaban J connectivity index is 2.82. The number of hydrogen-bond acceptors (Lipinski definition) is 4. The maximum Gasteiger partial charge on any atom is 0.509 e. The highest BCUT2D eigenvalue weighted by molar-refractivity contribution is 5.94. The summed E-state index contributed by atoms with van der Waals surface area (Å²) in [6, 6.07) is 9.47. The van der Waals surface area contributed by atoms with Crippen molar-refractivity contribution in [1.82, 2.24) is 0 Å². The van der Waals surface area contributed by atoms with E-state index in [4.69, 9.17) is 9.47 Å². The number of benzene rings is 1. The van der Waals surface area contributed by atoms with Crippen LogP contribution in [0, 0.1) is 0 Å². The van der Waals surface area contributed by atoms with Gasteiger partial charge in [-0.05, 0) is 25.5 Å². The number of rotatable bonds is 6. The Labute approximate surface area is 118 Å². The van der Waals surface area contributed by atoms with E-state index in [-0.39, 0.29) is 18.0 Å². The summed E-state index contributed by atoms with van der Waals surface area (Å²) in [4.78, 5) is 22.7. The maximum absolute atomic E-state index is 11.4. The van der Waals surface area contributed by atoms with Gasteiger partial charge in [0.1, 0.15) is 0 Å². The quantitative estimate of drug-likeness (QED) is 0.589. The van der Waals surface area contributed by atoms with Crippen LogP contribution in [0.2, 0.25) is 0 Å². The molecule has 0 fully saturated rings. The van der Waals surface area contributed by atoms with Crippen molar-refractivity contribution in [3.8, 4) is 0 Å². The minimum atomic E-state index is -0.827. The fraction of sp³-hybridized carbons (Fsp3) is 0.250. The second-order valence-electron chi connectivity index (χ2n) is 4.07. The van der Waals surface area contributed by atoms with Crippen LogP contribution in [0.1, 0.15) is 19.4 Å². The molecule has 0 N–H and O–H groups in total. The van der Waals surface area contributed by atoms with Gasteiger partial charge < -0.3 is 9.47 Å². The molecule has 20 heavy (non-hydrogen) atoms. The predicted molar refractivity (Wildman–Crippen MR) is 77.2 cm³/mol. The van der Waals surface area contributed by atoms with Gasteiger partial charge in [-0.2, -0.15) is 0 Å². The normalized spacial score (nSPS) is 11.9. The molecule has 1 rings (SSSR count). The molecule has 1 aromatic rings. The number of carbonyl (C=O) groups excluding carboxylic acids is 2. The van der Waals surface area contributed by atoms with E-state index in [0.717, 1.165) is 5.56 Å². The van der Waals surface area contributed by atoms with Crippen molar-refractivity contribution in [1.29, 1.82) is 0 Å². The van der Waals surface area contributed by atoms with E-state index >= 15 is 0 Å². The van der Waals surface area contributed by atoms with Gasteiger partial charge in [0, 0.05) is 5.57 Å². The first kappa shape index (κ1) is 15.7. The monoisotopic (exact) mass is 274 g/mol. The van der Waals surface area contributed by atoms with Crippen LogP contribution < -0.4 is 0 Å². The van der Waals surface area contributed by atoms with Gasteiger partial charge in [-0.25, -0.2) is 4.79 Å². The summed E-state index contributed by atoms with van der Waals surface area (Å²) in [5.74, 6) is -0.239. The van der Waals surface area contributed by atoms with Crippen LogP contribution in [0.5, 0.6) is 0 Å². The minimum absolute atomic E-state index is 0.199. The fourth-order valence-electron chi connectivity index (χ4n) is 1.45. The third-order valence-corrected chi connectivity index (χ3v) is 2.54. The highest BCUT2D eigenvalue weighted by atomic mass is 16.7. The molecule has 1 unspecified atom stereocenters. The topological polar surface area (TPSA) is 52.6 Å². The van der Waals surface area contributed by atoms with Crippen molar-refractivity contribution in [3.05, 3.63) is 54.1 Å². The molecule has 0 spiro atoms. The number of hydrogen-bond donors (Lipinski definition) is 0. The maximum atomic E-state index is 11.4. The van der Waals surface area contributed by atoms with E-state index in [1.165, 1.54) is 6.92 Å². The third kappa shape index (κ3) is 5.10. The summed E-state index contributed by atoms with van der Waals surface area (Å²) in [5, 5.41) is 0. The van der Waals surface area contributed by atoms with Crippen molar-refractivity contribution < 1.29 is 19.1 Å². The van der Waals surface area contributed by atoms with Crippen LogP contribution in [0.25, 0.3) is 6.08 Å². The first-order valence-corrected chi connectivity index (χ1v) is 6.31. The first-order valence-electron chi connectivity index (χ1n) is 6.31. The average Bonchev–Trinajstić information content (AvgIpc) is 2.44. The van der Waals surface area contributed by atoms with E-state index < -0.39 is 12.3 Å². The summed E-state index contributed by atoms with van der Waals surface area (Å²) in [6.07, 6.45) is 1.72. The molecule has 0 bridgehead atoms. The number of Topliss-reactive ketones (excluding diaryl/α,β-unsaturated/α-hetero) is 1. The lowest BCUT2D eigenvalue weighted by Gasteiger charge is -2.14. The van der Waals surface area contributed by atoms with Crippen LogP contribution >= 0.6 is 0 Å².